The highest BCUT2D eigenvalue weighted by Crippen LogP contribution is 2.42. The molecule has 0 bridgehead atoms. The Morgan fingerprint density at radius 1 is 0.720 bits per heavy atom. The highest BCUT2D eigenvalue weighted by molar-refractivity contribution is 6.01. The van der Waals surface area contributed by atoms with Crippen LogP contribution < -0.4 is 29.6 Å². The fourth-order valence-electron chi connectivity index (χ4n) is 5.86. The first-order valence-electron chi connectivity index (χ1n) is 15.8. The van der Waals surface area contributed by atoms with Gasteiger partial charge in [-0.05, 0) is 70.8 Å². The van der Waals surface area contributed by atoms with Gasteiger partial charge in [-0.25, -0.2) is 0 Å². The van der Waals surface area contributed by atoms with Crippen LogP contribution in [0.1, 0.15) is 44.3 Å². The van der Waals surface area contributed by atoms with Gasteiger partial charge in [-0.3, -0.25) is 4.79 Å². The Kier molecular flexibility index (Phi) is 10.5. The molecule has 4 aromatic carbocycles. The SMILES string of the molecule is COc1cc(-c2cc(-c3cc(CO)c(CO)c(CO)c3)no2)cc(OC)c1OCCOc1ccc(C2NC(=O)c3ccccc3N2)cc1CO. The number of methoxy groups -OCH3 is 2. The molecule has 6 N–H and O–H groups in total. The van der Waals surface area contributed by atoms with Crippen molar-refractivity contribution in [3.8, 4) is 45.6 Å². The van der Waals surface area contributed by atoms with E-state index in [2.05, 4.69) is 15.8 Å². The average molecular weight is 684 g/mol. The molecule has 6 rings (SSSR count). The fourth-order valence-corrected chi connectivity index (χ4v) is 5.86. The molecular weight excluding hydrogens is 646 g/mol. The van der Waals surface area contributed by atoms with Crippen LogP contribution in [0.2, 0.25) is 0 Å². The number of rotatable bonds is 14. The Labute approximate surface area is 287 Å². The lowest BCUT2D eigenvalue weighted by molar-refractivity contribution is 0.0935. The Morgan fingerprint density at radius 2 is 1.40 bits per heavy atom. The van der Waals surface area contributed by atoms with Crippen molar-refractivity contribution in [2.45, 2.75) is 32.6 Å². The number of amides is 1. The third-order valence-electron chi connectivity index (χ3n) is 8.41. The van der Waals surface area contributed by atoms with Crippen molar-refractivity contribution in [2.75, 3.05) is 32.8 Å². The van der Waals surface area contributed by atoms with Crippen LogP contribution in [0.4, 0.5) is 5.69 Å². The highest BCUT2D eigenvalue weighted by atomic mass is 16.6. The van der Waals surface area contributed by atoms with Crippen molar-refractivity contribution in [1.82, 2.24) is 10.5 Å². The molecule has 0 saturated heterocycles. The third-order valence-corrected chi connectivity index (χ3v) is 8.41. The maximum atomic E-state index is 12.6. The molecule has 260 valence electrons. The molecule has 1 aliphatic rings. The lowest BCUT2D eigenvalue weighted by atomic mass is 9.97. The quantitative estimate of drug-likeness (QED) is 0.0914. The number of ether oxygens (including phenoxy) is 4. The van der Waals surface area contributed by atoms with E-state index in [1.54, 1.807) is 48.5 Å². The third kappa shape index (κ3) is 6.93. The first-order chi connectivity index (χ1) is 24.4. The molecule has 1 aromatic heterocycles. The molecule has 1 amide bonds. The molecule has 0 aliphatic carbocycles. The standard InChI is InChI=1S/C37H37N3O10/c1-46-33-14-23(32-16-30(40-50-32)22-12-24(17-41)28(20-44)25(13-22)18-42)15-34(47-2)35(33)49-10-9-48-31-8-7-21(11-26(31)19-43)36-38-29-6-4-3-5-27(29)37(45)39-36/h3-8,11-16,36,38,41-44H,9-10,17-20H2,1-2H3,(H,39,45). The average Bonchev–Trinajstić information content (AvgIpc) is 3.66. The Balaban J connectivity index is 1.14. The summed E-state index contributed by atoms with van der Waals surface area (Å²) in [6, 6.07) is 21.1. The van der Waals surface area contributed by atoms with E-state index in [1.165, 1.54) is 14.2 Å². The summed E-state index contributed by atoms with van der Waals surface area (Å²) < 4.78 is 28.9. The van der Waals surface area contributed by atoms with Gasteiger partial charge < -0.3 is 54.5 Å². The van der Waals surface area contributed by atoms with E-state index in [4.69, 9.17) is 23.5 Å². The Morgan fingerprint density at radius 3 is 2.06 bits per heavy atom. The highest BCUT2D eigenvalue weighted by Gasteiger charge is 2.25. The van der Waals surface area contributed by atoms with Crippen LogP contribution >= 0.6 is 0 Å². The first-order valence-corrected chi connectivity index (χ1v) is 15.8. The molecule has 0 radical (unpaired) electrons. The summed E-state index contributed by atoms with van der Waals surface area (Å²) in [5, 5.41) is 49.8. The summed E-state index contributed by atoms with van der Waals surface area (Å²) in [7, 11) is 3.00. The molecule has 1 atom stereocenters. The number of carbonyl (C=O) groups is 1. The largest absolute Gasteiger partial charge is 0.493 e. The number of nitrogens with zero attached hydrogens (tertiary/aromatic N) is 1. The maximum Gasteiger partial charge on any atom is 0.255 e. The van der Waals surface area contributed by atoms with E-state index < -0.39 is 6.17 Å². The Hall–Kier alpha value is -5.60. The predicted molar refractivity (Wildman–Crippen MR) is 182 cm³/mol. The number of aliphatic hydroxyl groups is 4. The molecule has 2 heterocycles. The molecule has 0 saturated carbocycles. The summed E-state index contributed by atoms with van der Waals surface area (Å²) in [6.07, 6.45) is -0.469. The van der Waals surface area contributed by atoms with E-state index in [0.29, 0.717) is 73.4 Å². The second-order valence-corrected chi connectivity index (χ2v) is 11.4. The van der Waals surface area contributed by atoms with E-state index in [0.717, 1.165) is 11.3 Å². The zero-order valence-electron chi connectivity index (χ0n) is 27.4. The summed E-state index contributed by atoms with van der Waals surface area (Å²) in [5.74, 6) is 1.79. The molecule has 13 heteroatoms. The second kappa shape index (κ2) is 15.3. The smallest absolute Gasteiger partial charge is 0.255 e. The lowest BCUT2D eigenvalue weighted by Gasteiger charge is -2.28. The van der Waals surface area contributed by atoms with Crippen LogP contribution in [0.25, 0.3) is 22.6 Å². The molecule has 50 heavy (non-hydrogen) atoms. The van der Waals surface area contributed by atoms with Crippen LogP contribution in [0.3, 0.4) is 0 Å². The minimum atomic E-state index is -0.469. The number of hydrogen-bond acceptors (Lipinski definition) is 12. The van der Waals surface area contributed by atoms with E-state index >= 15 is 0 Å². The van der Waals surface area contributed by atoms with Crippen molar-refractivity contribution in [2.24, 2.45) is 0 Å². The minimum Gasteiger partial charge on any atom is -0.493 e. The zero-order chi connectivity index (χ0) is 35.2. The second-order valence-electron chi connectivity index (χ2n) is 11.4. The van der Waals surface area contributed by atoms with E-state index in [-0.39, 0.29) is 45.5 Å². The molecule has 1 aliphatic heterocycles. The number of para-hydroxylation sites is 1. The van der Waals surface area contributed by atoms with Crippen molar-refractivity contribution >= 4 is 11.6 Å². The summed E-state index contributed by atoms with van der Waals surface area (Å²) in [6.45, 7) is -0.959. The number of carbonyl (C=O) groups excluding carboxylic acids is 1. The van der Waals surface area contributed by atoms with Gasteiger partial charge in [0, 0.05) is 28.4 Å². The number of aromatic nitrogens is 1. The number of fused-ring (bicyclic) bond motifs is 1. The van der Waals surface area contributed by atoms with Crippen molar-refractivity contribution in [3.05, 3.63) is 106 Å². The van der Waals surface area contributed by atoms with Gasteiger partial charge in [-0.15, -0.1) is 0 Å². The maximum absolute atomic E-state index is 12.6. The van der Waals surface area contributed by atoms with Gasteiger partial charge in [0.05, 0.1) is 46.2 Å². The van der Waals surface area contributed by atoms with Crippen LogP contribution in [-0.4, -0.2) is 58.9 Å². The van der Waals surface area contributed by atoms with E-state index in [1.807, 2.05) is 24.3 Å². The first kappa shape index (κ1) is 34.3. The normalized spacial score (nSPS) is 13.6. The van der Waals surface area contributed by atoms with Crippen molar-refractivity contribution in [3.63, 3.8) is 0 Å². The van der Waals surface area contributed by atoms with Crippen molar-refractivity contribution < 1.29 is 48.7 Å². The summed E-state index contributed by atoms with van der Waals surface area (Å²) >= 11 is 0. The zero-order valence-corrected chi connectivity index (χ0v) is 27.4. The summed E-state index contributed by atoms with van der Waals surface area (Å²) in [5.41, 5.74) is 5.71. The van der Waals surface area contributed by atoms with Gasteiger partial charge in [-0.1, -0.05) is 23.4 Å². The fraction of sp³-hybridized carbons (Fsp3) is 0.243. The summed E-state index contributed by atoms with van der Waals surface area (Å²) in [4.78, 5) is 12.6. The number of nitrogens with one attached hydrogen (secondary N) is 2. The number of aliphatic hydroxyl groups excluding tert-OH is 4. The molecular formula is C37H37N3O10. The number of anilines is 1. The van der Waals surface area contributed by atoms with Crippen LogP contribution in [-0.2, 0) is 26.4 Å². The lowest BCUT2D eigenvalue weighted by Crippen LogP contribution is -2.38. The molecule has 13 nitrogen and oxygen atoms in total. The number of benzene rings is 4. The van der Waals surface area contributed by atoms with Gasteiger partial charge in [0.15, 0.2) is 17.3 Å². The van der Waals surface area contributed by atoms with Crippen LogP contribution in [0, 0.1) is 0 Å². The van der Waals surface area contributed by atoms with Gasteiger partial charge >= 0.3 is 0 Å². The molecule has 0 fully saturated rings. The number of hydrogen-bond donors (Lipinski definition) is 6. The van der Waals surface area contributed by atoms with Crippen LogP contribution in [0.5, 0.6) is 23.0 Å². The molecule has 0 spiro atoms. The van der Waals surface area contributed by atoms with E-state index in [9.17, 15) is 25.2 Å². The van der Waals surface area contributed by atoms with Gasteiger partial charge in [-0.2, -0.15) is 0 Å². The van der Waals surface area contributed by atoms with Gasteiger partial charge in [0.1, 0.15) is 30.8 Å². The van der Waals surface area contributed by atoms with Crippen molar-refractivity contribution in [1.29, 1.82) is 0 Å². The topological polar surface area (TPSA) is 185 Å². The van der Waals surface area contributed by atoms with Gasteiger partial charge in [0.2, 0.25) is 5.75 Å². The molecule has 5 aromatic rings. The predicted octanol–water partition coefficient (Wildman–Crippen LogP) is 4.31. The van der Waals surface area contributed by atoms with Gasteiger partial charge in [0.25, 0.3) is 5.91 Å². The molecule has 1 unspecified atom stereocenters. The minimum absolute atomic E-state index is 0.117. The van der Waals surface area contributed by atoms with Crippen LogP contribution in [0.15, 0.2) is 77.3 Å². The monoisotopic (exact) mass is 683 g/mol. The Bertz CT molecular complexity index is 1940.